The lowest BCUT2D eigenvalue weighted by Gasteiger charge is -2.33. The fourth-order valence-electron chi connectivity index (χ4n) is 3.58. The molecule has 2 aromatic rings. The Morgan fingerprint density at radius 3 is 2.61 bits per heavy atom. The maximum atomic E-state index is 12.7. The van der Waals surface area contributed by atoms with E-state index in [1.807, 2.05) is 42.2 Å². The number of rotatable bonds is 5. The number of benzene rings is 2. The molecule has 2 aromatic carbocycles. The van der Waals surface area contributed by atoms with Gasteiger partial charge in [-0.05, 0) is 49.4 Å². The number of fused-ring (bicyclic) bond motifs is 1. The van der Waals surface area contributed by atoms with Crippen molar-refractivity contribution in [2.75, 3.05) is 33.0 Å². The normalized spacial score (nSPS) is 17.4. The van der Waals surface area contributed by atoms with Crippen LogP contribution >= 0.6 is 15.9 Å². The number of quaternary nitrogens is 1. The van der Waals surface area contributed by atoms with Gasteiger partial charge in [0.2, 0.25) is 6.79 Å². The van der Waals surface area contributed by atoms with Crippen LogP contribution in [0.15, 0.2) is 46.9 Å². The van der Waals surface area contributed by atoms with Crippen LogP contribution in [-0.2, 0) is 11.3 Å². The number of halogens is 1. The summed E-state index contributed by atoms with van der Waals surface area (Å²) in [6, 6.07) is 13.7. The van der Waals surface area contributed by atoms with E-state index < -0.39 is 6.10 Å². The molecule has 0 bridgehead atoms. The molecule has 0 spiro atoms. The third-order valence-electron chi connectivity index (χ3n) is 5.15. The van der Waals surface area contributed by atoms with E-state index in [9.17, 15) is 4.79 Å². The highest BCUT2D eigenvalue weighted by Crippen LogP contribution is 2.32. The molecule has 0 aromatic heterocycles. The van der Waals surface area contributed by atoms with Gasteiger partial charge in [0.15, 0.2) is 17.6 Å². The Labute approximate surface area is 173 Å². The lowest BCUT2D eigenvalue weighted by Crippen LogP contribution is -3.13. The first-order chi connectivity index (χ1) is 13.6. The van der Waals surface area contributed by atoms with Crippen molar-refractivity contribution in [2.45, 2.75) is 19.6 Å². The highest BCUT2D eigenvalue weighted by Gasteiger charge is 2.28. The molecule has 4 rings (SSSR count). The van der Waals surface area contributed by atoms with Crippen molar-refractivity contribution in [2.24, 2.45) is 0 Å². The second kappa shape index (κ2) is 8.41. The summed E-state index contributed by atoms with van der Waals surface area (Å²) in [5.41, 5.74) is 1.23. The molecule has 2 aliphatic rings. The Morgan fingerprint density at radius 2 is 1.86 bits per heavy atom. The number of hydrogen-bond acceptors (Lipinski definition) is 4. The van der Waals surface area contributed by atoms with E-state index in [0.717, 1.165) is 48.7 Å². The molecule has 1 fully saturated rings. The van der Waals surface area contributed by atoms with E-state index in [1.165, 1.54) is 10.5 Å². The SMILES string of the molecule is C[C@@H](Oc1ccc(Br)cc1)C(=O)N1CC[NH+](Cc2ccc3c(c2)OCO3)CC1. The summed E-state index contributed by atoms with van der Waals surface area (Å²) in [7, 11) is 0. The zero-order valence-electron chi connectivity index (χ0n) is 15.8. The largest absolute Gasteiger partial charge is 0.481 e. The maximum absolute atomic E-state index is 12.7. The molecule has 1 atom stereocenters. The topological polar surface area (TPSA) is 52.4 Å². The summed E-state index contributed by atoms with van der Waals surface area (Å²) in [5.74, 6) is 2.39. The summed E-state index contributed by atoms with van der Waals surface area (Å²) >= 11 is 3.40. The van der Waals surface area contributed by atoms with Crippen LogP contribution in [0.5, 0.6) is 17.2 Å². The zero-order valence-corrected chi connectivity index (χ0v) is 17.4. The van der Waals surface area contributed by atoms with Crippen LogP contribution in [0.4, 0.5) is 0 Å². The lowest BCUT2D eigenvalue weighted by molar-refractivity contribution is -0.917. The van der Waals surface area contributed by atoms with Crippen molar-refractivity contribution < 1.29 is 23.9 Å². The van der Waals surface area contributed by atoms with Crippen molar-refractivity contribution in [3.8, 4) is 17.2 Å². The molecule has 1 saturated heterocycles. The monoisotopic (exact) mass is 447 g/mol. The van der Waals surface area contributed by atoms with E-state index in [-0.39, 0.29) is 5.91 Å². The number of hydrogen-bond donors (Lipinski definition) is 1. The molecule has 0 saturated carbocycles. The fourth-order valence-corrected chi connectivity index (χ4v) is 3.85. The zero-order chi connectivity index (χ0) is 19.5. The van der Waals surface area contributed by atoms with Crippen molar-refractivity contribution >= 4 is 21.8 Å². The first-order valence-electron chi connectivity index (χ1n) is 9.51. The van der Waals surface area contributed by atoms with Crippen LogP contribution in [0.25, 0.3) is 0 Å². The first-order valence-corrected chi connectivity index (χ1v) is 10.3. The predicted molar refractivity (Wildman–Crippen MR) is 108 cm³/mol. The second-order valence-corrected chi connectivity index (χ2v) is 8.07. The quantitative estimate of drug-likeness (QED) is 0.759. The van der Waals surface area contributed by atoms with Gasteiger partial charge in [-0.1, -0.05) is 15.9 Å². The van der Waals surface area contributed by atoms with E-state index in [1.54, 1.807) is 0 Å². The minimum atomic E-state index is -0.489. The molecular weight excluding hydrogens is 424 g/mol. The summed E-state index contributed by atoms with van der Waals surface area (Å²) < 4.78 is 17.6. The van der Waals surface area contributed by atoms with Gasteiger partial charge in [0.1, 0.15) is 12.3 Å². The lowest BCUT2D eigenvalue weighted by atomic mass is 10.1. The Hall–Kier alpha value is -2.25. The molecule has 0 radical (unpaired) electrons. The standard InChI is InChI=1S/C21H23BrN2O4/c1-15(28-18-5-3-17(22)4-6-18)21(25)24-10-8-23(9-11-24)13-16-2-7-19-20(12-16)27-14-26-19/h2-7,12,15H,8-11,13-14H2,1H3/p+1/t15-/m1/s1. The molecule has 0 unspecified atom stereocenters. The molecule has 0 aliphatic carbocycles. The van der Waals surface area contributed by atoms with Crippen molar-refractivity contribution in [1.82, 2.24) is 4.90 Å². The highest BCUT2D eigenvalue weighted by molar-refractivity contribution is 9.10. The van der Waals surface area contributed by atoms with Gasteiger partial charge in [-0.2, -0.15) is 0 Å². The Kier molecular flexibility index (Phi) is 5.73. The summed E-state index contributed by atoms with van der Waals surface area (Å²) in [5, 5.41) is 0. The number of piperazine rings is 1. The molecule has 148 valence electrons. The molecular formula is C21H24BrN2O4+. The van der Waals surface area contributed by atoms with Gasteiger partial charge in [-0.25, -0.2) is 0 Å². The van der Waals surface area contributed by atoms with Crippen molar-refractivity contribution in [3.05, 3.63) is 52.5 Å². The van der Waals surface area contributed by atoms with Gasteiger partial charge in [-0.15, -0.1) is 0 Å². The molecule has 7 heteroatoms. The average molecular weight is 448 g/mol. The molecule has 6 nitrogen and oxygen atoms in total. The number of carbonyl (C=O) groups excluding carboxylic acids is 1. The molecule has 28 heavy (non-hydrogen) atoms. The third kappa shape index (κ3) is 4.42. The van der Waals surface area contributed by atoms with Crippen LogP contribution < -0.4 is 19.1 Å². The highest BCUT2D eigenvalue weighted by atomic mass is 79.9. The smallest absolute Gasteiger partial charge is 0.263 e. The number of nitrogens with one attached hydrogen (secondary N) is 1. The van der Waals surface area contributed by atoms with E-state index in [2.05, 4.69) is 28.1 Å². The predicted octanol–water partition coefficient (Wildman–Crippen LogP) is 1.87. The maximum Gasteiger partial charge on any atom is 0.263 e. The van der Waals surface area contributed by atoms with Crippen LogP contribution in [-0.4, -0.2) is 49.9 Å². The van der Waals surface area contributed by atoms with E-state index >= 15 is 0 Å². The first kappa shape index (κ1) is 19.1. The van der Waals surface area contributed by atoms with Crippen molar-refractivity contribution in [1.29, 1.82) is 0 Å². The number of amides is 1. The minimum absolute atomic E-state index is 0.0463. The molecule has 2 heterocycles. The van der Waals surface area contributed by atoms with Crippen LogP contribution in [0, 0.1) is 0 Å². The average Bonchev–Trinajstić information content (AvgIpc) is 3.17. The number of ether oxygens (including phenoxy) is 3. The Morgan fingerprint density at radius 1 is 1.14 bits per heavy atom. The van der Waals surface area contributed by atoms with Crippen LogP contribution in [0.2, 0.25) is 0 Å². The van der Waals surface area contributed by atoms with Crippen LogP contribution in [0.1, 0.15) is 12.5 Å². The van der Waals surface area contributed by atoms with Gasteiger partial charge in [0.25, 0.3) is 5.91 Å². The minimum Gasteiger partial charge on any atom is -0.481 e. The van der Waals surface area contributed by atoms with Gasteiger partial charge >= 0.3 is 0 Å². The Bertz CT molecular complexity index is 835. The number of nitrogens with zero attached hydrogens (tertiary/aromatic N) is 1. The Balaban J connectivity index is 1.27. The summed E-state index contributed by atoms with van der Waals surface area (Å²) in [6.07, 6.45) is -0.489. The summed E-state index contributed by atoms with van der Waals surface area (Å²) in [6.45, 7) is 6.36. The third-order valence-corrected chi connectivity index (χ3v) is 5.68. The second-order valence-electron chi connectivity index (χ2n) is 7.15. The molecule has 2 aliphatic heterocycles. The van der Waals surface area contributed by atoms with Crippen LogP contribution in [0.3, 0.4) is 0 Å². The van der Waals surface area contributed by atoms with Gasteiger partial charge in [0.05, 0.1) is 26.2 Å². The van der Waals surface area contributed by atoms with Gasteiger partial charge < -0.3 is 24.0 Å². The van der Waals surface area contributed by atoms with E-state index in [0.29, 0.717) is 12.5 Å². The summed E-state index contributed by atoms with van der Waals surface area (Å²) in [4.78, 5) is 16.1. The molecule has 1 amide bonds. The fraction of sp³-hybridized carbons (Fsp3) is 0.381. The van der Waals surface area contributed by atoms with Gasteiger partial charge in [0, 0.05) is 10.0 Å². The number of carbonyl (C=O) groups is 1. The molecule has 1 N–H and O–H groups in total. The van der Waals surface area contributed by atoms with E-state index in [4.69, 9.17) is 14.2 Å². The van der Waals surface area contributed by atoms with Gasteiger partial charge in [-0.3, -0.25) is 4.79 Å². The van der Waals surface area contributed by atoms with Crippen molar-refractivity contribution in [3.63, 3.8) is 0 Å².